The van der Waals surface area contributed by atoms with Crippen LogP contribution in [0.15, 0.2) is 60.8 Å². The number of nitrogens with zero attached hydrogens (tertiary/aromatic N) is 1. The molecule has 3 rings (SSSR count). The summed E-state index contributed by atoms with van der Waals surface area (Å²) < 4.78 is 2.38. The van der Waals surface area contributed by atoms with E-state index < -0.39 is 0 Å². The van der Waals surface area contributed by atoms with E-state index in [0.29, 0.717) is 12.1 Å². The summed E-state index contributed by atoms with van der Waals surface area (Å²) in [6.45, 7) is 7.64. The van der Waals surface area contributed by atoms with E-state index in [-0.39, 0.29) is 0 Å². The summed E-state index contributed by atoms with van der Waals surface area (Å²) in [7, 11) is 0. The standard InChI is InChI=1S/C22H28N2/c1-4-10-21(18-11-6-5-7-12-18)23-15-19-16-24(17(2)3)22-14-9-8-13-20(19)22/h5-9,11-14,16-17,21,23H,4,10,15H2,1-3H3/t21-/m0/s1. The second-order valence-corrected chi connectivity index (χ2v) is 6.81. The Morgan fingerprint density at radius 1 is 0.958 bits per heavy atom. The molecule has 0 spiro atoms. The van der Waals surface area contributed by atoms with Crippen molar-refractivity contribution in [2.45, 2.75) is 52.2 Å². The molecule has 1 heterocycles. The van der Waals surface area contributed by atoms with Crippen molar-refractivity contribution in [1.29, 1.82) is 0 Å². The van der Waals surface area contributed by atoms with Gasteiger partial charge >= 0.3 is 0 Å². The van der Waals surface area contributed by atoms with Gasteiger partial charge in [0.2, 0.25) is 0 Å². The maximum atomic E-state index is 3.78. The lowest BCUT2D eigenvalue weighted by molar-refractivity contribution is 0.493. The maximum absolute atomic E-state index is 3.78. The number of nitrogens with one attached hydrogen (secondary N) is 1. The highest BCUT2D eigenvalue weighted by molar-refractivity contribution is 5.84. The highest BCUT2D eigenvalue weighted by atomic mass is 15.0. The average molecular weight is 320 g/mol. The number of rotatable bonds is 7. The summed E-state index contributed by atoms with van der Waals surface area (Å²) in [5.41, 5.74) is 4.10. The first kappa shape index (κ1) is 16.8. The van der Waals surface area contributed by atoms with Crippen LogP contribution in [0.4, 0.5) is 0 Å². The first-order valence-electron chi connectivity index (χ1n) is 9.07. The smallest absolute Gasteiger partial charge is 0.0486 e. The van der Waals surface area contributed by atoms with E-state index in [9.17, 15) is 0 Å². The monoisotopic (exact) mass is 320 g/mol. The fraction of sp³-hybridized carbons (Fsp3) is 0.364. The molecule has 126 valence electrons. The van der Waals surface area contributed by atoms with Crippen molar-refractivity contribution in [2.24, 2.45) is 0 Å². The lowest BCUT2D eigenvalue weighted by atomic mass is 10.0. The van der Waals surface area contributed by atoms with Crippen LogP contribution in [0.1, 0.15) is 56.8 Å². The molecule has 1 aromatic heterocycles. The van der Waals surface area contributed by atoms with E-state index in [1.807, 2.05) is 0 Å². The highest BCUT2D eigenvalue weighted by Gasteiger charge is 2.13. The van der Waals surface area contributed by atoms with Crippen LogP contribution < -0.4 is 5.32 Å². The van der Waals surface area contributed by atoms with E-state index >= 15 is 0 Å². The van der Waals surface area contributed by atoms with E-state index in [4.69, 9.17) is 0 Å². The van der Waals surface area contributed by atoms with Crippen LogP contribution >= 0.6 is 0 Å². The molecular formula is C22H28N2. The molecule has 0 saturated carbocycles. The molecule has 0 fully saturated rings. The molecule has 24 heavy (non-hydrogen) atoms. The van der Waals surface area contributed by atoms with E-state index in [2.05, 4.69) is 91.4 Å². The van der Waals surface area contributed by atoms with Crippen LogP contribution in [-0.2, 0) is 6.54 Å². The zero-order valence-corrected chi connectivity index (χ0v) is 15.0. The topological polar surface area (TPSA) is 17.0 Å². The Kier molecular flexibility index (Phi) is 5.37. The largest absolute Gasteiger partial charge is 0.345 e. The van der Waals surface area contributed by atoms with Gasteiger partial charge in [-0.1, -0.05) is 61.9 Å². The van der Waals surface area contributed by atoms with Gasteiger partial charge < -0.3 is 9.88 Å². The first-order valence-corrected chi connectivity index (χ1v) is 9.07. The fourth-order valence-electron chi connectivity index (χ4n) is 3.44. The molecule has 0 radical (unpaired) electrons. The number of benzene rings is 2. The molecule has 0 aliphatic heterocycles. The summed E-state index contributed by atoms with van der Waals surface area (Å²) in [6.07, 6.45) is 4.66. The van der Waals surface area contributed by atoms with Gasteiger partial charge in [0.1, 0.15) is 0 Å². The lowest BCUT2D eigenvalue weighted by Gasteiger charge is -2.18. The van der Waals surface area contributed by atoms with E-state index in [1.54, 1.807) is 0 Å². The zero-order valence-electron chi connectivity index (χ0n) is 15.0. The Labute approximate surface area is 145 Å². The Morgan fingerprint density at radius 3 is 2.38 bits per heavy atom. The summed E-state index contributed by atoms with van der Waals surface area (Å²) in [5, 5.41) is 5.15. The number of para-hydroxylation sites is 1. The van der Waals surface area contributed by atoms with Crippen molar-refractivity contribution in [3.05, 3.63) is 71.9 Å². The summed E-state index contributed by atoms with van der Waals surface area (Å²) in [6, 6.07) is 20.4. The second kappa shape index (κ2) is 7.67. The summed E-state index contributed by atoms with van der Waals surface area (Å²) >= 11 is 0. The minimum Gasteiger partial charge on any atom is -0.345 e. The fourth-order valence-corrected chi connectivity index (χ4v) is 3.44. The first-order chi connectivity index (χ1) is 11.7. The third kappa shape index (κ3) is 3.54. The summed E-state index contributed by atoms with van der Waals surface area (Å²) in [5.74, 6) is 0. The van der Waals surface area contributed by atoms with Gasteiger partial charge in [0.15, 0.2) is 0 Å². The predicted molar refractivity (Wildman–Crippen MR) is 103 cm³/mol. The predicted octanol–water partition coefficient (Wildman–Crippen LogP) is 5.85. The lowest BCUT2D eigenvalue weighted by Crippen LogP contribution is -2.20. The van der Waals surface area contributed by atoms with Crippen LogP contribution in [-0.4, -0.2) is 4.57 Å². The van der Waals surface area contributed by atoms with Gasteiger partial charge in [-0.05, 0) is 37.5 Å². The van der Waals surface area contributed by atoms with Gasteiger partial charge in [0, 0.05) is 35.7 Å². The molecule has 2 nitrogen and oxygen atoms in total. The molecule has 1 atom stereocenters. The van der Waals surface area contributed by atoms with Crippen LogP contribution in [0.2, 0.25) is 0 Å². The second-order valence-electron chi connectivity index (χ2n) is 6.81. The van der Waals surface area contributed by atoms with E-state index in [1.165, 1.54) is 28.5 Å². The molecule has 1 N–H and O–H groups in total. The average Bonchev–Trinajstić information content (AvgIpc) is 2.98. The number of hydrogen-bond acceptors (Lipinski definition) is 1. The van der Waals surface area contributed by atoms with Gasteiger partial charge in [-0.25, -0.2) is 0 Å². The van der Waals surface area contributed by atoms with Gasteiger partial charge in [-0.3, -0.25) is 0 Å². The minimum absolute atomic E-state index is 0.414. The number of fused-ring (bicyclic) bond motifs is 1. The normalized spacial score (nSPS) is 12.8. The molecular weight excluding hydrogens is 292 g/mol. The van der Waals surface area contributed by atoms with Gasteiger partial charge in [0.25, 0.3) is 0 Å². The number of hydrogen-bond donors (Lipinski definition) is 1. The quantitative estimate of drug-likeness (QED) is 0.577. The van der Waals surface area contributed by atoms with E-state index in [0.717, 1.165) is 13.0 Å². The third-order valence-corrected chi connectivity index (χ3v) is 4.70. The molecule has 2 aromatic carbocycles. The Hall–Kier alpha value is -2.06. The Balaban J connectivity index is 1.84. The molecule has 0 unspecified atom stereocenters. The van der Waals surface area contributed by atoms with Crippen molar-refractivity contribution in [2.75, 3.05) is 0 Å². The zero-order chi connectivity index (χ0) is 16.9. The van der Waals surface area contributed by atoms with Crippen molar-refractivity contribution < 1.29 is 0 Å². The molecule has 0 aliphatic rings. The molecule has 2 heteroatoms. The Bertz CT molecular complexity index is 771. The molecule has 0 saturated heterocycles. The van der Waals surface area contributed by atoms with Crippen LogP contribution in [0, 0.1) is 0 Å². The molecule has 3 aromatic rings. The van der Waals surface area contributed by atoms with Crippen molar-refractivity contribution in [3.8, 4) is 0 Å². The van der Waals surface area contributed by atoms with Crippen LogP contribution in [0.25, 0.3) is 10.9 Å². The molecule has 0 amide bonds. The molecule has 0 bridgehead atoms. The Morgan fingerprint density at radius 2 is 1.67 bits per heavy atom. The van der Waals surface area contributed by atoms with Gasteiger partial charge in [-0.2, -0.15) is 0 Å². The highest BCUT2D eigenvalue weighted by Crippen LogP contribution is 2.26. The summed E-state index contributed by atoms with van der Waals surface area (Å²) in [4.78, 5) is 0. The van der Waals surface area contributed by atoms with Crippen molar-refractivity contribution >= 4 is 10.9 Å². The van der Waals surface area contributed by atoms with Crippen LogP contribution in [0.5, 0.6) is 0 Å². The van der Waals surface area contributed by atoms with Gasteiger partial charge in [-0.15, -0.1) is 0 Å². The molecule has 0 aliphatic carbocycles. The minimum atomic E-state index is 0.414. The number of aromatic nitrogens is 1. The SMILES string of the molecule is CCC[C@H](NCc1cn(C(C)C)c2ccccc12)c1ccccc1. The van der Waals surface area contributed by atoms with Crippen molar-refractivity contribution in [3.63, 3.8) is 0 Å². The van der Waals surface area contributed by atoms with Gasteiger partial charge in [0.05, 0.1) is 0 Å². The maximum Gasteiger partial charge on any atom is 0.0486 e. The van der Waals surface area contributed by atoms with Crippen molar-refractivity contribution in [1.82, 2.24) is 9.88 Å². The van der Waals surface area contributed by atoms with Crippen LogP contribution in [0.3, 0.4) is 0 Å². The third-order valence-electron chi connectivity index (χ3n) is 4.70.